The minimum Gasteiger partial charge on any atom is -0.398 e. The molecular weight excluding hydrogens is 295 g/mol. The Morgan fingerprint density at radius 1 is 1.14 bits per heavy atom. The van der Waals surface area contributed by atoms with Crippen LogP contribution < -0.4 is 5.73 Å². The fourth-order valence-electron chi connectivity index (χ4n) is 2.34. The number of hydrogen-bond acceptors (Lipinski definition) is 3. The van der Waals surface area contributed by atoms with Crippen molar-refractivity contribution < 1.29 is 14.0 Å². The highest BCUT2D eigenvalue weighted by molar-refractivity contribution is 6.31. The van der Waals surface area contributed by atoms with E-state index in [1.165, 1.54) is 18.2 Å². The van der Waals surface area contributed by atoms with E-state index in [9.17, 15) is 14.0 Å². The molecule has 6 heteroatoms. The van der Waals surface area contributed by atoms with Gasteiger partial charge >= 0.3 is 0 Å². The van der Waals surface area contributed by atoms with Gasteiger partial charge in [-0.05, 0) is 35.9 Å². The lowest BCUT2D eigenvalue weighted by atomic mass is 10.1. The zero-order valence-corrected chi connectivity index (χ0v) is 11.5. The summed E-state index contributed by atoms with van der Waals surface area (Å²) in [4.78, 5) is 25.6. The lowest BCUT2D eigenvalue weighted by molar-refractivity contribution is 0.0642. The summed E-state index contributed by atoms with van der Waals surface area (Å²) in [6.45, 7) is -0.0949. The van der Waals surface area contributed by atoms with Gasteiger partial charge in [-0.1, -0.05) is 17.7 Å². The van der Waals surface area contributed by atoms with Gasteiger partial charge in [-0.2, -0.15) is 0 Å². The normalized spacial score (nSPS) is 13.7. The predicted octanol–water partition coefficient (Wildman–Crippen LogP) is 2.86. The van der Waals surface area contributed by atoms with Crippen molar-refractivity contribution >= 4 is 29.1 Å². The van der Waals surface area contributed by atoms with E-state index in [1.807, 2.05) is 0 Å². The van der Waals surface area contributed by atoms with Gasteiger partial charge in [0.15, 0.2) is 0 Å². The molecule has 0 bridgehead atoms. The summed E-state index contributed by atoms with van der Waals surface area (Å²) in [6, 6.07) is 8.51. The number of halogens is 2. The SMILES string of the molecule is Nc1cccc2c1C(=O)N(Cc1cc(F)ccc1Cl)C2=O. The number of imide groups is 1. The summed E-state index contributed by atoms with van der Waals surface area (Å²) in [5, 5.41) is 0.293. The largest absolute Gasteiger partial charge is 0.398 e. The van der Waals surface area contributed by atoms with Gasteiger partial charge in [-0.15, -0.1) is 0 Å². The molecular formula is C15H10ClFN2O2. The minimum atomic E-state index is -0.492. The van der Waals surface area contributed by atoms with Crippen LogP contribution in [0, 0.1) is 5.82 Å². The molecule has 2 N–H and O–H groups in total. The summed E-state index contributed by atoms with van der Waals surface area (Å²) in [5.41, 5.74) is 6.81. The molecule has 0 spiro atoms. The topological polar surface area (TPSA) is 63.4 Å². The van der Waals surface area contributed by atoms with E-state index in [4.69, 9.17) is 17.3 Å². The number of nitrogen functional groups attached to an aromatic ring is 1. The maximum absolute atomic E-state index is 13.3. The Morgan fingerprint density at radius 2 is 1.90 bits per heavy atom. The van der Waals surface area contributed by atoms with Crippen molar-refractivity contribution in [2.45, 2.75) is 6.54 Å². The number of hydrogen-bond donors (Lipinski definition) is 1. The van der Waals surface area contributed by atoms with Gasteiger partial charge in [0.05, 0.1) is 17.7 Å². The van der Waals surface area contributed by atoms with E-state index in [-0.39, 0.29) is 23.4 Å². The van der Waals surface area contributed by atoms with Crippen LogP contribution in [0.3, 0.4) is 0 Å². The number of rotatable bonds is 2. The predicted molar refractivity (Wildman–Crippen MR) is 76.5 cm³/mol. The van der Waals surface area contributed by atoms with E-state index in [0.29, 0.717) is 10.6 Å². The van der Waals surface area contributed by atoms with Crippen molar-refractivity contribution in [3.63, 3.8) is 0 Å². The van der Waals surface area contributed by atoms with Gasteiger partial charge in [0, 0.05) is 10.7 Å². The molecule has 4 nitrogen and oxygen atoms in total. The fraction of sp³-hybridized carbons (Fsp3) is 0.0667. The quantitative estimate of drug-likeness (QED) is 0.685. The Kier molecular flexibility index (Phi) is 3.14. The van der Waals surface area contributed by atoms with Crippen LogP contribution in [0.2, 0.25) is 5.02 Å². The van der Waals surface area contributed by atoms with Gasteiger partial charge in [-0.25, -0.2) is 4.39 Å². The molecule has 0 atom stereocenters. The second-order valence-corrected chi connectivity index (χ2v) is 5.11. The van der Waals surface area contributed by atoms with Gasteiger partial charge in [-0.3, -0.25) is 14.5 Å². The lowest BCUT2D eigenvalue weighted by Crippen LogP contribution is -2.29. The molecule has 0 radical (unpaired) electrons. The standard InChI is InChI=1S/C15H10ClFN2O2/c16-11-5-4-9(17)6-8(11)7-19-14(20)10-2-1-3-12(18)13(10)15(19)21/h1-6H,7,18H2. The zero-order chi connectivity index (χ0) is 15.1. The van der Waals surface area contributed by atoms with Crippen molar-refractivity contribution in [3.8, 4) is 0 Å². The van der Waals surface area contributed by atoms with Gasteiger partial charge in [0.25, 0.3) is 11.8 Å². The zero-order valence-electron chi connectivity index (χ0n) is 10.8. The lowest BCUT2D eigenvalue weighted by Gasteiger charge is -2.15. The molecule has 1 aliphatic rings. The Labute approximate surface area is 124 Å². The highest BCUT2D eigenvalue weighted by Crippen LogP contribution is 2.30. The van der Waals surface area contributed by atoms with Crippen LogP contribution in [-0.4, -0.2) is 16.7 Å². The highest BCUT2D eigenvalue weighted by Gasteiger charge is 2.37. The third kappa shape index (κ3) is 2.15. The third-order valence-corrected chi connectivity index (χ3v) is 3.74. The summed E-state index contributed by atoms with van der Waals surface area (Å²) in [7, 11) is 0. The van der Waals surface area contributed by atoms with Gasteiger partial charge < -0.3 is 5.73 Å². The average Bonchev–Trinajstić information content (AvgIpc) is 2.69. The molecule has 0 aliphatic carbocycles. The summed E-state index contributed by atoms with van der Waals surface area (Å²) in [6.07, 6.45) is 0. The molecule has 0 fully saturated rings. The van der Waals surface area contributed by atoms with E-state index in [2.05, 4.69) is 0 Å². The van der Waals surface area contributed by atoms with Crippen molar-refractivity contribution in [2.75, 3.05) is 5.73 Å². The van der Waals surface area contributed by atoms with Crippen LogP contribution in [-0.2, 0) is 6.54 Å². The number of benzene rings is 2. The first kappa shape index (κ1) is 13.6. The second-order valence-electron chi connectivity index (χ2n) is 4.70. The molecule has 21 heavy (non-hydrogen) atoms. The van der Waals surface area contributed by atoms with Gasteiger partial charge in [0.2, 0.25) is 0 Å². The summed E-state index contributed by atoms with van der Waals surface area (Å²) >= 11 is 5.97. The number of carbonyl (C=O) groups is 2. The summed E-state index contributed by atoms with van der Waals surface area (Å²) < 4.78 is 13.3. The Balaban J connectivity index is 1.99. The van der Waals surface area contributed by atoms with Crippen molar-refractivity contribution in [1.29, 1.82) is 0 Å². The van der Waals surface area contributed by atoms with Crippen LogP contribution in [0.15, 0.2) is 36.4 Å². The molecule has 106 valence electrons. The van der Waals surface area contributed by atoms with Crippen LogP contribution in [0.5, 0.6) is 0 Å². The molecule has 3 rings (SSSR count). The molecule has 2 aromatic rings. The van der Waals surface area contributed by atoms with Crippen molar-refractivity contribution in [1.82, 2.24) is 4.90 Å². The van der Waals surface area contributed by atoms with Crippen molar-refractivity contribution in [2.24, 2.45) is 0 Å². The van der Waals surface area contributed by atoms with Crippen LogP contribution in [0.4, 0.5) is 10.1 Å². The van der Waals surface area contributed by atoms with E-state index in [1.54, 1.807) is 18.2 Å². The Hall–Kier alpha value is -2.40. The van der Waals surface area contributed by atoms with Crippen LogP contribution >= 0.6 is 11.6 Å². The smallest absolute Gasteiger partial charge is 0.263 e. The molecule has 0 aromatic heterocycles. The van der Waals surface area contributed by atoms with Crippen LogP contribution in [0.25, 0.3) is 0 Å². The molecule has 0 saturated carbocycles. The number of anilines is 1. The number of nitrogens with two attached hydrogens (primary N) is 1. The first-order valence-corrected chi connectivity index (χ1v) is 6.55. The maximum Gasteiger partial charge on any atom is 0.263 e. The second kappa shape index (κ2) is 4.86. The highest BCUT2D eigenvalue weighted by atomic mass is 35.5. The average molecular weight is 305 g/mol. The first-order valence-electron chi connectivity index (χ1n) is 6.17. The van der Waals surface area contributed by atoms with E-state index < -0.39 is 17.6 Å². The number of fused-ring (bicyclic) bond motifs is 1. The van der Waals surface area contributed by atoms with Gasteiger partial charge in [0.1, 0.15) is 5.82 Å². The molecule has 1 heterocycles. The molecule has 1 aliphatic heterocycles. The fourth-order valence-corrected chi connectivity index (χ4v) is 2.52. The summed E-state index contributed by atoms with van der Waals surface area (Å²) in [5.74, 6) is -1.43. The molecule has 0 saturated heterocycles. The van der Waals surface area contributed by atoms with Crippen LogP contribution in [0.1, 0.15) is 26.3 Å². The maximum atomic E-state index is 13.3. The third-order valence-electron chi connectivity index (χ3n) is 3.37. The molecule has 2 aromatic carbocycles. The monoisotopic (exact) mass is 304 g/mol. The van der Waals surface area contributed by atoms with E-state index in [0.717, 1.165) is 4.90 Å². The molecule has 2 amide bonds. The van der Waals surface area contributed by atoms with Crippen molar-refractivity contribution in [3.05, 3.63) is 63.9 Å². The number of carbonyl (C=O) groups excluding carboxylic acids is 2. The molecule has 0 unspecified atom stereocenters. The number of amides is 2. The Bertz CT molecular complexity index is 776. The minimum absolute atomic E-state index is 0.0949. The number of nitrogens with zero attached hydrogens (tertiary/aromatic N) is 1. The van der Waals surface area contributed by atoms with E-state index >= 15 is 0 Å². The first-order chi connectivity index (χ1) is 9.99. The Morgan fingerprint density at radius 3 is 2.62 bits per heavy atom.